The van der Waals surface area contributed by atoms with E-state index in [-0.39, 0.29) is 17.9 Å². The van der Waals surface area contributed by atoms with Crippen LogP contribution in [0.25, 0.3) is 0 Å². The standard InChI is InChI=1S/C13H21N3O3/c1-9(2)11(15-13(18)16(3)4)12(17)14-8-10-6-5-7-19-10/h5-7,9,11H,8H2,1-4H3,(H,14,17)(H,15,18)/t11-/m0/s1. The van der Waals surface area contributed by atoms with Crippen LogP contribution in [-0.4, -0.2) is 37.0 Å². The van der Waals surface area contributed by atoms with Crippen molar-refractivity contribution in [1.29, 1.82) is 0 Å². The molecule has 1 atom stereocenters. The molecule has 0 unspecified atom stereocenters. The Balaban J connectivity index is 2.55. The molecule has 1 aromatic heterocycles. The number of urea groups is 1. The van der Waals surface area contributed by atoms with E-state index in [1.807, 2.05) is 13.8 Å². The molecule has 1 aromatic rings. The minimum atomic E-state index is -0.565. The van der Waals surface area contributed by atoms with E-state index in [1.54, 1.807) is 32.5 Å². The van der Waals surface area contributed by atoms with Gasteiger partial charge in [-0.1, -0.05) is 13.8 Å². The van der Waals surface area contributed by atoms with Crippen molar-refractivity contribution in [2.75, 3.05) is 14.1 Å². The van der Waals surface area contributed by atoms with Crippen molar-refractivity contribution in [1.82, 2.24) is 15.5 Å². The lowest BCUT2D eigenvalue weighted by Gasteiger charge is -2.23. The number of carbonyl (C=O) groups excluding carboxylic acids is 2. The van der Waals surface area contributed by atoms with Crippen LogP contribution in [0.4, 0.5) is 4.79 Å². The van der Waals surface area contributed by atoms with Gasteiger partial charge in [0.25, 0.3) is 0 Å². The second-order valence-electron chi connectivity index (χ2n) is 4.86. The highest BCUT2D eigenvalue weighted by atomic mass is 16.3. The summed E-state index contributed by atoms with van der Waals surface area (Å²) in [5.41, 5.74) is 0. The molecule has 0 aliphatic rings. The number of hydrogen-bond acceptors (Lipinski definition) is 3. The molecule has 0 saturated heterocycles. The SMILES string of the molecule is CC(C)[C@H](NC(=O)N(C)C)C(=O)NCc1ccco1. The molecule has 6 heteroatoms. The number of nitrogens with zero attached hydrogens (tertiary/aromatic N) is 1. The molecular formula is C13H21N3O3. The maximum absolute atomic E-state index is 12.1. The maximum atomic E-state index is 12.1. The third kappa shape index (κ3) is 4.65. The molecule has 0 aliphatic heterocycles. The average molecular weight is 267 g/mol. The first-order chi connectivity index (χ1) is 8.91. The van der Waals surface area contributed by atoms with Crippen LogP contribution in [0.2, 0.25) is 0 Å². The Morgan fingerprint density at radius 3 is 2.53 bits per heavy atom. The second kappa shape index (κ2) is 6.82. The van der Waals surface area contributed by atoms with E-state index in [9.17, 15) is 9.59 Å². The fraction of sp³-hybridized carbons (Fsp3) is 0.538. The summed E-state index contributed by atoms with van der Waals surface area (Å²) in [6.07, 6.45) is 1.55. The minimum Gasteiger partial charge on any atom is -0.467 e. The van der Waals surface area contributed by atoms with Crippen LogP contribution in [0, 0.1) is 5.92 Å². The normalized spacial score (nSPS) is 12.1. The highest BCUT2D eigenvalue weighted by Gasteiger charge is 2.24. The zero-order valence-corrected chi connectivity index (χ0v) is 11.8. The molecule has 2 N–H and O–H groups in total. The van der Waals surface area contributed by atoms with Gasteiger partial charge in [0, 0.05) is 14.1 Å². The van der Waals surface area contributed by atoms with Crippen molar-refractivity contribution in [2.24, 2.45) is 5.92 Å². The van der Waals surface area contributed by atoms with Crippen LogP contribution in [-0.2, 0) is 11.3 Å². The van der Waals surface area contributed by atoms with Gasteiger partial charge in [0.1, 0.15) is 11.8 Å². The third-order valence-electron chi connectivity index (χ3n) is 2.65. The van der Waals surface area contributed by atoms with Gasteiger partial charge in [-0.15, -0.1) is 0 Å². The van der Waals surface area contributed by atoms with Gasteiger partial charge in [0.15, 0.2) is 0 Å². The van der Waals surface area contributed by atoms with E-state index < -0.39 is 6.04 Å². The van der Waals surface area contributed by atoms with Gasteiger partial charge in [0.05, 0.1) is 12.8 Å². The molecule has 19 heavy (non-hydrogen) atoms. The van der Waals surface area contributed by atoms with Gasteiger partial charge in [0.2, 0.25) is 5.91 Å². The molecule has 0 spiro atoms. The zero-order chi connectivity index (χ0) is 14.4. The Morgan fingerprint density at radius 1 is 1.37 bits per heavy atom. The number of furan rings is 1. The average Bonchev–Trinajstić information content (AvgIpc) is 2.85. The van der Waals surface area contributed by atoms with Crippen LogP contribution >= 0.6 is 0 Å². The highest BCUT2D eigenvalue weighted by Crippen LogP contribution is 2.04. The summed E-state index contributed by atoms with van der Waals surface area (Å²) in [6.45, 7) is 4.08. The summed E-state index contributed by atoms with van der Waals surface area (Å²) in [7, 11) is 3.26. The molecule has 0 aromatic carbocycles. The van der Waals surface area contributed by atoms with E-state index in [0.717, 1.165) is 0 Å². The van der Waals surface area contributed by atoms with Crippen LogP contribution in [0.5, 0.6) is 0 Å². The summed E-state index contributed by atoms with van der Waals surface area (Å²) in [4.78, 5) is 25.1. The smallest absolute Gasteiger partial charge is 0.317 e. The molecule has 0 radical (unpaired) electrons. The van der Waals surface area contributed by atoms with Crippen molar-refractivity contribution in [3.05, 3.63) is 24.2 Å². The van der Waals surface area contributed by atoms with E-state index in [4.69, 9.17) is 4.42 Å². The topological polar surface area (TPSA) is 74.6 Å². The Bertz CT molecular complexity index is 413. The first-order valence-electron chi connectivity index (χ1n) is 6.19. The van der Waals surface area contributed by atoms with Gasteiger partial charge in [-0.3, -0.25) is 4.79 Å². The predicted octanol–water partition coefficient (Wildman–Crippen LogP) is 1.19. The number of nitrogens with one attached hydrogen (secondary N) is 2. The van der Waals surface area contributed by atoms with Crippen LogP contribution in [0.3, 0.4) is 0 Å². The maximum Gasteiger partial charge on any atom is 0.317 e. The van der Waals surface area contributed by atoms with Crippen LogP contribution < -0.4 is 10.6 Å². The van der Waals surface area contributed by atoms with Crippen LogP contribution in [0.15, 0.2) is 22.8 Å². The molecule has 0 aliphatic carbocycles. The summed E-state index contributed by atoms with van der Waals surface area (Å²) < 4.78 is 5.13. The van der Waals surface area contributed by atoms with Crippen LogP contribution in [0.1, 0.15) is 19.6 Å². The summed E-state index contributed by atoms with van der Waals surface area (Å²) >= 11 is 0. The second-order valence-corrected chi connectivity index (χ2v) is 4.86. The molecule has 0 saturated carbocycles. The lowest BCUT2D eigenvalue weighted by molar-refractivity contribution is -0.124. The molecule has 0 fully saturated rings. The Kier molecular flexibility index (Phi) is 5.41. The first kappa shape index (κ1) is 15.1. The number of amides is 3. The monoisotopic (exact) mass is 267 g/mol. The lowest BCUT2D eigenvalue weighted by atomic mass is 10.0. The number of hydrogen-bond donors (Lipinski definition) is 2. The quantitative estimate of drug-likeness (QED) is 0.841. The Labute approximate surface area is 113 Å². The zero-order valence-electron chi connectivity index (χ0n) is 11.8. The molecule has 106 valence electrons. The van der Waals surface area contributed by atoms with Crippen molar-refractivity contribution < 1.29 is 14.0 Å². The summed E-state index contributed by atoms with van der Waals surface area (Å²) in [6, 6.07) is 2.69. The van der Waals surface area contributed by atoms with E-state index in [1.165, 1.54) is 4.90 Å². The molecule has 1 heterocycles. The van der Waals surface area contributed by atoms with Crippen molar-refractivity contribution in [2.45, 2.75) is 26.4 Å². The summed E-state index contributed by atoms with van der Waals surface area (Å²) in [5, 5.41) is 5.43. The Hall–Kier alpha value is -1.98. The van der Waals surface area contributed by atoms with Gasteiger partial charge in [-0.25, -0.2) is 4.79 Å². The van der Waals surface area contributed by atoms with E-state index in [0.29, 0.717) is 12.3 Å². The first-order valence-corrected chi connectivity index (χ1v) is 6.19. The molecule has 6 nitrogen and oxygen atoms in total. The molecular weight excluding hydrogens is 246 g/mol. The van der Waals surface area contributed by atoms with Crippen molar-refractivity contribution >= 4 is 11.9 Å². The third-order valence-corrected chi connectivity index (χ3v) is 2.65. The van der Waals surface area contributed by atoms with Crippen molar-refractivity contribution in [3.63, 3.8) is 0 Å². The highest BCUT2D eigenvalue weighted by molar-refractivity contribution is 5.87. The fourth-order valence-corrected chi connectivity index (χ4v) is 1.49. The van der Waals surface area contributed by atoms with Gasteiger partial charge >= 0.3 is 6.03 Å². The summed E-state index contributed by atoms with van der Waals surface area (Å²) in [5.74, 6) is 0.455. The fourth-order valence-electron chi connectivity index (χ4n) is 1.49. The van der Waals surface area contributed by atoms with Gasteiger partial charge < -0.3 is 20.0 Å². The van der Waals surface area contributed by atoms with Crippen molar-refractivity contribution in [3.8, 4) is 0 Å². The predicted molar refractivity (Wildman–Crippen MR) is 71.4 cm³/mol. The molecule has 1 rings (SSSR count). The molecule has 3 amide bonds. The lowest BCUT2D eigenvalue weighted by Crippen LogP contribution is -2.52. The largest absolute Gasteiger partial charge is 0.467 e. The van der Waals surface area contributed by atoms with E-state index >= 15 is 0 Å². The van der Waals surface area contributed by atoms with Gasteiger partial charge in [-0.05, 0) is 18.1 Å². The number of carbonyl (C=O) groups is 2. The van der Waals surface area contributed by atoms with E-state index in [2.05, 4.69) is 10.6 Å². The number of rotatable bonds is 5. The Morgan fingerprint density at radius 2 is 2.05 bits per heavy atom. The molecule has 0 bridgehead atoms. The minimum absolute atomic E-state index is 0.000464. The van der Waals surface area contributed by atoms with Gasteiger partial charge in [-0.2, -0.15) is 0 Å².